The second-order valence-electron chi connectivity index (χ2n) is 9.25. The van der Waals surface area contributed by atoms with E-state index in [1.807, 2.05) is 42.2 Å². The van der Waals surface area contributed by atoms with Gasteiger partial charge < -0.3 is 9.64 Å². The largest absolute Gasteiger partial charge is 0.494 e. The zero-order valence-corrected chi connectivity index (χ0v) is 20.8. The Morgan fingerprint density at radius 2 is 1.94 bits per heavy atom. The van der Waals surface area contributed by atoms with Crippen molar-refractivity contribution in [3.05, 3.63) is 54.4 Å². The molecule has 1 aromatic carbocycles. The molecule has 0 atom stereocenters. The van der Waals surface area contributed by atoms with Gasteiger partial charge in [0.2, 0.25) is 5.91 Å². The van der Waals surface area contributed by atoms with Crippen LogP contribution in [0.2, 0.25) is 0 Å². The smallest absolute Gasteiger partial charge is 0.238 e. The van der Waals surface area contributed by atoms with E-state index in [4.69, 9.17) is 4.74 Å². The summed E-state index contributed by atoms with van der Waals surface area (Å²) in [6, 6.07) is 10.2. The Balaban J connectivity index is 1.41. The van der Waals surface area contributed by atoms with Gasteiger partial charge in [0.15, 0.2) is 11.0 Å². The number of aromatic nitrogens is 4. The van der Waals surface area contributed by atoms with Crippen molar-refractivity contribution in [2.45, 2.75) is 57.3 Å². The van der Waals surface area contributed by atoms with Gasteiger partial charge >= 0.3 is 0 Å². The topological polar surface area (TPSA) is 73.1 Å². The zero-order valence-electron chi connectivity index (χ0n) is 20.0. The van der Waals surface area contributed by atoms with Crippen LogP contribution >= 0.6 is 11.8 Å². The summed E-state index contributed by atoms with van der Waals surface area (Å²) in [6.45, 7) is 8.82. The number of pyridine rings is 1. The molecule has 2 aliphatic rings. The van der Waals surface area contributed by atoms with E-state index in [0.29, 0.717) is 12.6 Å². The zero-order chi connectivity index (χ0) is 23.9. The van der Waals surface area contributed by atoms with Crippen molar-refractivity contribution in [3.8, 4) is 17.1 Å². The summed E-state index contributed by atoms with van der Waals surface area (Å²) in [7, 11) is 0. The summed E-state index contributed by atoms with van der Waals surface area (Å²) in [5, 5.41) is 9.70. The number of fused-ring (bicyclic) bond motifs is 1. The lowest BCUT2D eigenvalue weighted by Crippen LogP contribution is -2.49. The van der Waals surface area contributed by atoms with Crippen LogP contribution in [-0.4, -0.2) is 43.6 Å². The molecule has 34 heavy (non-hydrogen) atoms. The molecule has 0 saturated heterocycles. The molecule has 0 radical (unpaired) electrons. The minimum absolute atomic E-state index is 0.0416. The van der Waals surface area contributed by atoms with Crippen molar-refractivity contribution < 1.29 is 9.53 Å². The van der Waals surface area contributed by atoms with Crippen LogP contribution in [0.25, 0.3) is 17.0 Å². The third-order valence-electron chi connectivity index (χ3n) is 6.18. The first-order valence-corrected chi connectivity index (χ1v) is 12.7. The molecule has 7 nitrogen and oxygen atoms in total. The van der Waals surface area contributed by atoms with Crippen molar-refractivity contribution in [2.75, 3.05) is 17.3 Å². The molecule has 0 spiro atoms. The Morgan fingerprint density at radius 1 is 1.18 bits per heavy atom. The number of nitrogens with zero attached hydrogens (tertiary/aromatic N) is 5. The van der Waals surface area contributed by atoms with E-state index in [0.717, 1.165) is 52.0 Å². The van der Waals surface area contributed by atoms with Crippen LogP contribution in [0.15, 0.2) is 54.0 Å². The molecule has 0 N–H and O–H groups in total. The number of hydrogen-bond acceptors (Lipinski definition) is 6. The van der Waals surface area contributed by atoms with Crippen LogP contribution in [0.4, 0.5) is 5.69 Å². The fraction of sp³-hybridized carbons (Fsp3) is 0.385. The first kappa shape index (κ1) is 22.7. The highest BCUT2D eigenvalue weighted by Gasteiger charge is 2.36. The Labute approximate surface area is 204 Å². The molecule has 1 amide bonds. The summed E-state index contributed by atoms with van der Waals surface area (Å²) in [5.41, 5.74) is 3.65. The highest BCUT2D eigenvalue weighted by molar-refractivity contribution is 7.99. The van der Waals surface area contributed by atoms with E-state index in [-0.39, 0.29) is 11.7 Å². The number of amides is 1. The molecule has 1 fully saturated rings. The maximum absolute atomic E-state index is 13.6. The molecule has 3 aromatic rings. The molecule has 0 bridgehead atoms. The van der Waals surface area contributed by atoms with Gasteiger partial charge in [0.25, 0.3) is 0 Å². The maximum atomic E-state index is 13.6. The van der Waals surface area contributed by atoms with E-state index < -0.39 is 5.54 Å². The van der Waals surface area contributed by atoms with Gasteiger partial charge in [-0.15, -0.1) is 10.2 Å². The Morgan fingerprint density at radius 3 is 2.65 bits per heavy atom. The van der Waals surface area contributed by atoms with E-state index >= 15 is 0 Å². The third-order valence-corrected chi connectivity index (χ3v) is 7.11. The second kappa shape index (κ2) is 8.91. The predicted molar refractivity (Wildman–Crippen MR) is 135 cm³/mol. The quantitative estimate of drug-likeness (QED) is 0.426. The number of allylic oxidation sites excluding steroid dienone is 1. The van der Waals surface area contributed by atoms with Gasteiger partial charge in [-0.25, -0.2) is 0 Å². The number of anilines is 1. The first-order valence-electron chi connectivity index (χ1n) is 11.7. The second-order valence-corrected chi connectivity index (χ2v) is 10.2. The molecule has 1 aliphatic carbocycles. The Kier molecular flexibility index (Phi) is 5.93. The van der Waals surface area contributed by atoms with Crippen molar-refractivity contribution in [1.29, 1.82) is 0 Å². The summed E-state index contributed by atoms with van der Waals surface area (Å²) >= 11 is 1.46. The van der Waals surface area contributed by atoms with Crippen LogP contribution < -0.4 is 9.64 Å². The van der Waals surface area contributed by atoms with Crippen LogP contribution in [0.1, 0.15) is 52.1 Å². The lowest BCUT2D eigenvalue weighted by atomic mass is 9.88. The predicted octanol–water partition coefficient (Wildman–Crippen LogP) is 5.39. The summed E-state index contributed by atoms with van der Waals surface area (Å²) in [5.74, 6) is 1.98. The number of carbonyl (C=O) groups excluding carboxylic acids is 1. The standard InChI is InChI=1S/C26H29N5O2S/c1-5-33-20-8-9-22-21(14-20)17(2)15-26(3,4)31(22)23(32)16-34-25-29-28-24(30(25)19-6-7-19)18-10-12-27-13-11-18/h8-15,19H,5-7,16H2,1-4H3. The summed E-state index contributed by atoms with van der Waals surface area (Å²) < 4.78 is 7.88. The lowest BCUT2D eigenvalue weighted by molar-refractivity contribution is -0.116. The van der Waals surface area contributed by atoms with Crippen molar-refractivity contribution in [3.63, 3.8) is 0 Å². The molecule has 1 saturated carbocycles. The van der Waals surface area contributed by atoms with Gasteiger partial charge in [0.1, 0.15) is 5.75 Å². The SMILES string of the molecule is CCOc1ccc2c(c1)C(C)=CC(C)(C)N2C(=O)CSc1nnc(-c2ccncc2)n1C1CC1. The van der Waals surface area contributed by atoms with E-state index in [2.05, 4.69) is 46.6 Å². The number of rotatable bonds is 7. The van der Waals surface area contributed by atoms with Crippen molar-refractivity contribution in [1.82, 2.24) is 19.7 Å². The number of ether oxygens (including phenoxy) is 1. The van der Waals surface area contributed by atoms with E-state index in [9.17, 15) is 4.79 Å². The molecule has 5 rings (SSSR count). The minimum Gasteiger partial charge on any atom is -0.494 e. The van der Waals surface area contributed by atoms with Gasteiger partial charge in [-0.1, -0.05) is 17.8 Å². The van der Waals surface area contributed by atoms with E-state index in [1.54, 1.807) is 12.4 Å². The van der Waals surface area contributed by atoms with E-state index in [1.165, 1.54) is 11.8 Å². The Hall–Kier alpha value is -3.13. The summed E-state index contributed by atoms with van der Waals surface area (Å²) in [4.78, 5) is 19.6. The maximum Gasteiger partial charge on any atom is 0.238 e. The van der Waals surface area contributed by atoms with Crippen LogP contribution in [0.3, 0.4) is 0 Å². The summed E-state index contributed by atoms with van der Waals surface area (Å²) in [6.07, 6.45) is 7.90. The molecule has 176 valence electrons. The lowest BCUT2D eigenvalue weighted by Gasteiger charge is -2.41. The number of carbonyl (C=O) groups is 1. The van der Waals surface area contributed by atoms with Gasteiger partial charge in [-0.3, -0.25) is 14.3 Å². The average molecular weight is 476 g/mol. The fourth-order valence-electron chi connectivity index (χ4n) is 4.65. The average Bonchev–Trinajstić information content (AvgIpc) is 3.57. The highest BCUT2D eigenvalue weighted by Crippen LogP contribution is 2.43. The molecule has 1 aliphatic heterocycles. The molecule has 0 unspecified atom stereocenters. The van der Waals surface area contributed by atoms with Crippen LogP contribution in [0, 0.1) is 0 Å². The Bertz CT molecular complexity index is 1250. The monoisotopic (exact) mass is 475 g/mol. The van der Waals surface area contributed by atoms with Crippen LogP contribution in [0.5, 0.6) is 5.75 Å². The van der Waals surface area contributed by atoms with Crippen molar-refractivity contribution in [2.24, 2.45) is 0 Å². The molecule has 3 heterocycles. The van der Waals surface area contributed by atoms with Gasteiger partial charge in [0.05, 0.1) is 23.6 Å². The normalized spacial score (nSPS) is 16.7. The molecule has 8 heteroatoms. The van der Waals surface area contributed by atoms with Crippen LogP contribution in [-0.2, 0) is 4.79 Å². The fourth-order valence-corrected chi connectivity index (χ4v) is 5.50. The number of hydrogen-bond donors (Lipinski definition) is 0. The third kappa shape index (κ3) is 4.22. The minimum atomic E-state index is -0.436. The highest BCUT2D eigenvalue weighted by atomic mass is 32.2. The van der Waals surface area contributed by atoms with Gasteiger partial charge in [-0.2, -0.15) is 0 Å². The molecular formula is C26H29N5O2S. The first-order chi connectivity index (χ1) is 16.4. The number of benzene rings is 1. The molecular weight excluding hydrogens is 446 g/mol. The van der Waals surface area contributed by atoms with Gasteiger partial charge in [0, 0.05) is 29.6 Å². The molecule has 2 aromatic heterocycles. The van der Waals surface area contributed by atoms with Gasteiger partial charge in [-0.05, 0) is 76.4 Å². The number of thioether (sulfide) groups is 1. The van der Waals surface area contributed by atoms with Crippen molar-refractivity contribution >= 4 is 28.9 Å².